The van der Waals surface area contributed by atoms with E-state index in [1.807, 2.05) is 24.3 Å². The standard InChI is InChI=1S/C36H44N2O5/c1-21(2)19-38(32(41)13-8-24-7-5-6-22(3)16-24)28-11-10-27-29-17-25-9-12-31(42-23(4)39)34-33(25)36(27,35(28)43-34)14-15-37(29)20-26-18-30(26)40/h5-9,12-13,16,21,26-30,35,40H,10-11,14-15,17-20H2,1-4H3/t26?,27-,28-,29+,30?,35+,36-/m0/s1. The van der Waals surface area contributed by atoms with Crippen LogP contribution in [0.3, 0.4) is 0 Å². The highest BCUT2D eigenvalue weighted by Crippen LogP contribution is 2.64. The van der Waals surface area contributed by atoms with Crippen LogP contribution in [0.4, 0.5) is 0 Å². The van der Waals surface area contributed by atoms with Crippen molar-refractivity contribution >= 4 is 18.0 Å². The van der Waals surface area contributed by atoms with Crippen molar-refractivity contribution in [1.82, 2.24) is 9.80 Å². The van der Waals surface area contributed by atoms with Gasteiger partial charge in [-0.2, -0.15) is 0 Å². The van der Waals surface area contributed by atoms with Gasteiger partial charge in [-0.25, -0.2) is 0 Å². The highest BCUT2D eigenvalue weighted by molar-refractivity contribution is 5.92. The van der Waals surface area contributed by atoms with Crippen molar-refractivity contribution in [2.45, 2.75) is 89.5 Å². The first-order valence-electron chi connectivity index (χ1n) is 16.1. The molecule has 1 spiro atoms. The first-order valence-corrected chi connectivity index (χ1v) is 16.1. The number of piperidine rings is 1. The lowest BCUT2D eigenvalue weighted by atomic mass is 9.51. The highest BCUT2D eigenvalue weighted by Gasteiger charge is 2.67. The van der Waals surface area contributed by atoms with E-state index in [0.29, 0.717) is 41.8 Å². The van der Waals surface area contributed by atoms with E-state index in [9.17, 15) is 14.7 Å². The van der Waals surface area contributed by atoms with Gasteiger partial charge in [0.2, 0.25) is 5.91 Å². The van der Waals surface area contributed by atoms with Crippen LogP contribution in [-0.2, 0) is 21.4 Å². The van der Waals surface area contributed by atoms with Gasteiger partial charge in [-0.05, 0) is 80.7 Å². The van der Waals surface area contributed by atoms with Crippen molar-refractivity contribution in [3.8, 4) is 11.5 Å². The van der Waals surface area contributed by atoms with Gasteiger partial charge < -0.3 is 19.5 Å². The number of carbonyl (C=O) groups excluding carboxylic acids is 2. The monoisotopic (exact) mass is 584 g/mol. The SMILES string of the molecule is CC(=O)Oc1ccc2c3c1O[C@@H]1[C@@H](N(CC(C)C)C(=O)C=Cc4cccc(C)c4)CC[C@H]4[C@@H](C2)N(CC2CC2O)CC[C@]314. The number of rotatable bonds is 8. The normalized spacial score (nSPS) is 32.0. The Morgan fingerprint density at radius 1 is 1.23 bits per heavy atom. The van der Waals surface area contributed by atoms with Gasteiger partial charge in [-0.3, -0.25) is 14.5 Å². The number of carbonyl (C=O) groups is 2. The molecule has 2 saturated carbocycles. The summed E-state index contributed by atoms with van der Waals surface area (Å²) in [5.74, 6) is 1.94. The summed E-state index contributed by atoms with van der Waals surface area (Å²) in [5, 5.41) is 10.1. The van der Waals surface area contributed by atoms with Crippen molar-refractivity contribution < 1.29 is 24.2 Å². The van der Waals surface area contributed by atoms with Crippen LogP contribution in [0.2, 0.25) is 0 Å². The summed E-state index contributed by atoms with van der Waals surface area (Å²) in [6.45, 7) is 10.4. The zero-order valence-electron chi connectivity index (χ0n) is 25.8. The number of aliphatic hydroxyl groups is 1. The molecule has 7 rings (SSSR count). The van der Waals surface area contributed by atoms with E-state index in [1.54, 1.807) is 6.08 Å². The largest absolute Gasteiger partial charge is 0.483 e. The fourth-order valence-electron chi connectivity index (χ4n) is 8.92. The van der Waals surface area contributed by atoms with Crippen LogP contribution in [0.15, 0.2) is 42.5 Å². The van der Waals surface area contributed by atoms with E-state index in [2.05, 4.69) is 48.8 Å². The summed E-state index contributed by atoms with van der Waals surface area (Å²) in [6.07, 6.45) is 7.95. The minimum atomic E-state index is -0.357. The molecule has 7 atom stereocenters. The number of likely N-dealkylation sites (tertiary alicyclic amines) is 1. The number of benzene rings is 2. The number of hydrogen-bond acceptors (Lipinski definition) is 6. The Hall–Kier alpha value is -3.16. The molecule has 2 aromatic rings. The molecule has 2 bridgehead atoms. The topological polar surface area (TPSA) is 79.3 Å². The molecule has 1 amide bonds. The van der Waals surface area contributed by atoms with Crippen molar-refractivity contribution in [3.05, 3.63) is 64.7 Å². The van der Waals surface area contributed by atoms with Crippen molar-refractivity contribution in [2.75, 3.05) is 19.6 Å². The number of hydrogen-bond donors (Lipinski definition) is 1. The average molecular weight is 585 g/mol. The van der Waals surface area contributed by atoms with Gasteiger partial charge in [0.05, 0.1) is 12.1 Å². The smallest absolute Gasteiger partial charge is 0.308 e. The van der Waals surface area contributed by atoms with Gasteiger partial charge in [0.25, 0.3) is 0 Å². The van der Waals surface area contributed by atoms with E-state index in [-0.39, 0.29) is 35.5 Å². The van der Waals surface area contributed by atoms with Crippen LogP contribution in [0, 0.1) is 24.7 Å². The van der Waals surface area contributed by atoms with Gasteiger partial charge in [0.1, 0.15) is 6.10 Å². The van der Waals surface area contributed by atoms with E-state index >= 15 is 0 Å². The van der Waals surface area contributed by atoms with Crippen molar-refractivity contribution in [2.24, 2.45) is 17.8 Å². The van der Waals surface area contributed by atoms with E-state index < -0.39 is 0 Å². The van der Waals surface area contributed by atoms with Crippen molar-refractivity contribution in [3.63, 3.8) is 0 Å². The summed E-state index contributed by atoms with van der Waals surface area (Å²) in [5.41, 5.74) is 4.44. The molecule has 1 saturated heterocycles. The zero-order chi connectivity index (χ0) is 30.0. The van der Waals surface area contributed by atoms with Gasteiger partial charge in [-0.15, -0.1) is 0 Å². The number of nitrogens with zero attached hydrogens (tertiary/aromatic N) is 2. The molecule has 2 aliphatic heterocycles. The van der Waals surface area contributed by atoms with Crippen LogP contribution in [0.5, 0.6) is 11.5 Å². The molecule has 3 aliphatic carbocycles. The summed E-state index contributed by atoms with van der Waals surface area (Å²) in [7, 11) is 0. The Morgan fingerprint density at radius 2 is 2.05 bits per heavy atom. The number of amides is 1. The lowest BCUT2D eigenvalue weighted by Crippen LogP contribution is -2.69. The number of esters is 1. The Morgan fingerprint density at radius 3 is 2.77 bits per heavy atom. The van der Waals surface area contributed by atoms with Crippen LogP contribution in [0.25, 0.3) is 6.08 Å². The molecule has 3 fully saturated rings. The summed E-state index contributed by atoms with van der Waals surface area (Å²) in [6, 6.07) is 12.5. The zero-order valence-corrected chi connectivity index (χ0v) is 25.8. The first-order chi connectivity index (χ1) is 20.7. The molecule has 0 radical (unpaired) electrons. The molecular formula is C36H44N2O5. The molecular weight excluding hydrogens is 540 g/mol. The molecule has 7 nitrogen and oxygen atoms in total. The van der Waals surface area contributed by atoms with E-state index in [1.165, 1.54) is 18.1 Å². The quantitative estimate of drug-likeness (QED) is 0.270. The molecule has 2 heterocycles. The highest BCUT2D eigenvalue weighted by atomic mass is 16.6. The molecule has 43 heavy (non-hydrogen) atoms. The second-order valence-electron chi connectivity index (χ2n) is 14.1. The maximum absolute atomic E-state index is 14.0. The first kappa shape index (κ1) is 28.6. The van der Waals surface area contributed by atoms with Crippen LogP contribution >= 0.6 is 0 Å². The van der Waals surface area contributed by atoms with Crippen molar-refractivity contribution in [1.29, 1.82) is 0 Å². The molecule has 228 valence electrons. The molecule has 2 aromatic carbocycles. The summed E-state index contributed by atoms with van der Waals surface area (Å²) < 4.78 is 12.7. The van der Waals surface area contributed by atoms with Crippen LogP contribution in [0.1, 0.15) is 68.7 Å². The summed E-state index contributed by atoms with van der Waals surface area (Å²) in [4.78, 5) is 30.9. The molecule has 0 aromatic heterocycles. The fourth-order valence-corrected chi connectivity index (χ4v) is 8.92. The average Bonchev–Trinajstić information content (AvgIpc) is 3.54. The van der Waals surface area contributed by atoms with Gasteiger partial charge in [-0.1, -0.05) is 49.7 Å². The Labute approximate surface area is 254 Å². The molecule has 7 heteroatoms. The van der Waals surface area contributed by atoms with Gasteiger partial charge >= 0.3 is 5.97 Å². The number of aliphatic hydroxyl groups excluding tert-OH is 1. The Kier molecular flexibility index (Phi) is 7.17. The Bertz CT molecular complexity index is 1470. The lowest BCUT2D eigenvalue weighted by molar-refractivity contribution is -0.138. The van der Waals surface area contributed by atoms with Gasteiger partial charge in [0, 0.05) is 49.0 Å². The van der Waals surface area contributed by atoms with Crippen LogP contribution in [-0.4, -0.2) is 70.7 Å². The van der Waals surface area contributed by atoms with Crippen LogP contribution < -0.4 is 9.47 Å². The molecule has 5 aliphatic rings. The lowest BCUT2D eigenvalue weighted by Gasteiger charge is -2.60. The summed E-state index contributed by atoms with van der Waals surface area (Å²) >= 11 is 0. The van der Waals surface area contributed by atoms with Gasteiger partial charge in [0.15, 0.2) is 11.5 Å². The number of aryl methyl sites for hydroxylation is 1. The third kappa shape index (κ3) is 4.89. The molecule has 1 N–H and O–H groups in total. The predicted octanol–water partition coefficient (Wildman–Crippen LogP) is 4.91. The van der Waals surface area contributed by atoms with E-state index in [4.69, 9.17) is 9.47 Å². The number of ether oxygens (including phenoxy) is 2. The third-order valence-corrected chi connectivity index (χ3v) is 10.7. The maximum Gasteiger partial charge on any atom is 0.308 e. The minimum absolute atomic E-state index is 0.0163. The molecule has 2 unspecified atom stereocenters. The van der Waals surface area contributed by atoms with E-state index in [0.717, 1.165) is 56.3 Å². The second kappa shape index (κ2) is 10.8. The third-order valence-electron chi connectivity index (χ3n) is 10.7. The Balaban J connectivity index is 1.27. The maximum atomic E-state index is 14.0. The fraction of sp³-hybridized carbons (Fsp3) is 0.556. The predicted molar refractivity (Wildman–Crippen MR) is 165 cm³/mol. The minimum Gasteiger partial charge on any atom is -0.483 e. The second-order valence-corrected chi connectivity index (χ2v) is 14.1.